The van der Waals surface area contributed by atoms with Crippen LogP contribution in [0.25, 0.3) is 0 Å². The van der Waals surface area contributed by atoms with E-state index in [0.29, 0.717) is 0 Å². The van der Waals surface area contributed by atoms with Crippen LogP contribution in [-0.2, 0) is 15.6 Å². The highest BCUT2D eigenvalue weighted by atomic mass is 32.1. The van der Waals surface area contributed by atoms with E-state index < -0.39 is 10.8 Å². The van der Waals surface area contributed by atoms with Gasteiger partial charge in [-0.3, -0.25) is 9.59 Å². The molecule has 3 aliphatic rings. The first-order valence-corrected chi connectivity index (χ1v) is 12.9. The van der Waals surface area contributed by atoms with Crippen molar-refractivity contribution in [3.63, 3.8) is 0 Å². The molecule has 33 heavy (non-hydrogen) atoms. The largest absolute Gasteiger partial charge is 0.371 e. The van der Waals surface area contributed by atoms with Gasteiger partial charge in [0.05, 0.1) is 32.8 Å². The fraction of sp³-hybridized carbons (Fsp3) is 0.214. The number of fused-ring (bicyclic) bond motifs is 3. The third-order valence-electron chi connectivity index (χ3n) is 7.81. The molecule has 5 heteroatoms. The van der Waals surface area contributed by atoms with E-state index in [1.165, 1.54) is 22.7 Å². The number of hydrogen-bond donors (Lipinski definition) is 0. The summed E-state index contributed by atoms with van der Waals surface area (Å²) in [5.74, 6) is 0.219. The van der Waals surface area contributed by atoms with Crippen LogP contribution in [0, 0.1) is 11.8 Å². The normalized spacial score (nSPS) is 33.2. The lowest BCUT2D eigenvalue weighted by atomic mass is 9.82. The molecular weight excluding hydrogens is 448 g/mol. The predicted molar refractivity (Wildman–Crippen MR) is 129 cm³/mol. The Balaban J connectivity index is 1.37. The standard InChI is InChI=1S/C28H20O3S2/c29-23(19-13-7-15-32-19)27(17-9-3-1-4-10-17)21-22-26(31-25(21)27)28(22,18-11-5-2-6-12-18)24(30)20-14-8-16-33-20/h1-16,21-22,25-26H/t21-,22-,25+,26+,27-,28-/m0/s1. The van der Waals surface area contributed by atoms with Gasteiger partial charge in [-0.2, -0.15) is 0 Å². The zero-order valence-electron chi connectivity index (χ0n) is 17.6. The SMILES string of the molecule is O=C(c1cccs1)[C@]1(c2ccccc2)[C@H]2[C@H]3[C@@H](O[C@H]21)[C@@]3(C(=O)c1cccs1)c1ccccc1. The highest BCUT2D eigenvalue weighted by Crippen LogP contribution is 2.79. The first kappa shape index (κ1) is 19.6. The third-order valence-corrected chi connectivity index (χ3v) is 9.54. The molecule has 0 unspecified atom stereocenters. The first-order valence-electron chi connectivity index (χ1n) is 11.1. The second kappa shape index (κ2) is 6.83. The van der Waals surface area contributed by atoms with Gasteiger partial charge in [0.25, 0.3) is 0 Å². The summed E-state index contributed by atoms with van der Waals surface area (Å²) in [6.45, 7) is 0. The fourth-order valence-electron chi connectivity index (χ4n) is 6.44. The van der Waals surface area contributed by atoms with Crippen LogP contribution in [0.5, 0.6) is 0 Å². The van der Waals surface area contributed by atoms with Crippen molar-refractivity contribution in [3.05, 3.63) is 117 Å². The Hall–Kier alpha value is -2.86. The maximum absolute atomic E-state index is 14.0. The summed E-state index contributed by atoms with van der Waals surface area (Å²) in [6, 6.07) is 27.7. The van der Waals surface area contributed by atoms with Crippen LogP contribution in [0.3, 0.4) is 0 Å². The van der Waals surface area contributed by atoms with E-state index >= 15 is 0 Å². The van der Waals surface area contributed by atoms with Gasteiger partial charge in [0, 0.05) is 11.8 Å². The lowest BCUT2D eigenvalue weighted by Crippen LogP contribution is -2.29. The van der Waals surface area contributed by atoms with E-state index in [2.05, 4.69) is 0 Å². The Bertz CT molecular complexity index is 1240. The van der Waals surface area contributed by atoms with E-state index in [1.807, 2.05) is 95.7 Å². The molecule has 0 amide bonds. The molecule has 7 rings (SSSR count). The second-order valence-electron chi connectivity index (χ2n) is 9.11. The van der Waals surface area contributed by atoms with Crippen LogP contribution in [-0.4, -0.2) is 23.8 Å². The number of thiophene rings is 2. The fourth-order valence-corrected chi connectivity index (χ4v) is 7.91. The molecule has 3 nitrogen and oxygen atoms in total. The Labute approximate surface area is 199 Å². The number of hydrogen-bond acceptors (Lipinski definition) is 5. The lowest BCUT2D eigenvalue weighted by molar-refractivity contribution is 0.0649. The van der Waals surface area contributed by atoms with Crippen molar-refractivity contribution >= 4 is 34.2 Å². The van der Waals surface area contributed by atoms with Crippen molar-refractivity contribution in [1.29, 1.82) is 0 Å². The average molecular weight is 469 g/mol. The van der Waals surface area contributed by atoms with E-state index in [-0.39, 0.29) is 35.6 Å². The zero-order chi connectivity index (χ0) is 22.2. The lowest BCUT2D eigenvalue weighted by Gasteiger charge is -2.19. The molecule has 0 radical (unpaired) electrons. The van der Waals surface area contributed by atoms with Crippen molar-refractivity contribution in [3.8, 4) is 0 Å². The predicted octanol–water partition coefficient (Wildman–Crippen LogP) is 5.78. The van der Waals surface area contributed by atoms with Crippen molar-refractivity contribution in [2.45, 2.75) is 23.0 Å². The number of rotatable bonds is 6. The summed E-state index contributed by atoms with van der Waals surface area (Å²) >= 11 is 2.95. The third kappa shape index (κ3) is 2.37. The summed E-state index contributed by atoms with van der Waals surface area (Å²) in [7, 11) is 0. The molecule has 0 spiro atoms. The molecular formula is C28H20O3S2. The Morgan fingerprint density at radius 2 is 1.03 bits per heavy atom. The molecule has 162 valence electrons. The minimum atomic E-state index is -0.723. The van der Waals surface area contributed by atoms with E-state index in [1.54, 1.807) is 0 Å². The molecule has 2 aromatic carbocycles. The van der Waals surface area contributed by atoms with Crippen molar-refractivity contribution in [1.82, 2.24) is 0 Å². The zero-order valence-corrected chi connectivity index (χ0v) is 19.2. The van der Waals surface area contributed by atoms with Crippen LogP contribution in [0.2, 0.25) is 0 Å². The Morgan fingerprint density at radius 1 is 0.606 bits per heavy atom. The van der Waals surface area contributed by atoms with Crippen molar-refractivity contribution < 1.29 is 14.3 Å². The number of benzene rings is 2. The summed E-state index contributed by atoms with van der Waals surface area (Å²) in [5.41, 5.74) is 0.544. The van der Waals surface area contributed by atoms with Crippen molar-refractivity contribution in [2.75, 3.05) is 0 Å². The van der Waals surface area contributed by atoms with Gasteiger partial charge in [-0.15, -0.1) is 22.7 Å². The van der Waals surface area contributed by atoms with Crippen LogP contribution in [0.1, 0.15) is 30.5 Å². The van der Waals surface area contributed by atoms with E-state index in [9.17, 15) is 9.59 Å². The van der Waals surface area contributed by atoms with Crippen LogP contribution >= 0.6 is 22.7 Å². The molecule has 3 heterocycles. The average Bonchev–Trinajstić information content (AvgIpc) is 3.33. The summed E-state index contributed by atoms with van der Waals surface area (Å²) in [6.07, 6.45) is -0.366. The molecule has 4 aromatic rings. The minimum absolute atomic E-state index is 0.0105. The smallest absolute Gasteiger partial charge is 0.186 e. The number of carbonyl (C=O) groups excluding carboxylic acids is 2. The molecule has 0 N–H and O–H groups in total. The number of Topliss-reactive ketones (excluding diaryl/α,β-unsaturated/α-hetero) is 2. The topological polar surface area (TPSA) is 43.4 Å². The van der Waals surface area contributed by atoms with Gasteiger partial charge in [0.1, 0.15) is 0 Å². The van der Waals surface area contributed by atoms with E-state index in [0.717, 1.165) is 20.9 Å². The van der Waals surface area contributed by atoms with E-state index in [4.69, 9.17) is 4.74 Å². The summed E-state index contributed by atoms with van der Waals surface area (Å²) in [4.78, 5) is 29.4. The second-order valence-corrected chi connectivity index (χ2v) is 11.0. The summed E-state index contributed by atoms with van der Waals surface area (Å²) in [5, 5.41) is 3.89. The number of carbonyl (C=O) groups is 2. The highest BCUT2D eigenvalue weighted by Gasteiger charge is 2.91. The molecule has 6 atom stereocenters. The van der Waals surface area contributed by atoms with Crippen LogP contribution in [0.4, 0.5) is 0 Å². The minimum Gasteiger partial charge on any atom is -0.371 e. The highest BCUT2D eigenvalue weighted by molar-refractivity contribution is 7.12. The van der Waals surface area contributed by atoms with Gasteiger partial charge in [-0.1, -0.05) is 72.8 Å². The first-order chi connectivity index (χ1) is 16.2. The molecule has 2 aliphatic carbocycles. The molecule has 2 aromatic heterocycles. The quantitative estimate of drug-likeness (QED) is 0.337. The van der Waals surface area contributed by atoms with Gasteiger partial charge in [-0.05, 0) is 34.0 Å². The maximum Gasteiger partial charge on any atom is 0.186 e. The molecule has 3 fully saturated rings. The van der Waals surface area contributed by atoms with Gasteiger partial charge < -0.3 is 4.74 Å². The molecule has 1 aliphatic heterocycles. The monoisotopic (exact) mass is 468 g/mol. The van der Waals surface area contributed by atoms with Crippen LogP contribution < -0.4 is 0 Å². The van der Waals surface area contributed by atoms with Gasteiger partial charge >= 0.3 is 0 Å². The molecule has 0 bridgehead atoms. The van der Waals surface area contributed by atoms with Gasteiger partial charge in [0.15, 0.2) is 11.6 Å². The summed E-state index contributed by atoms with van der Waals surface area (Å²) < 4.78 is 6.66. The maximum atomic E-state index is 14.0. The van der Waals surface area contributed by atoms with Crippen LogP contribution in [0.15, 0.2) is 95.7 Å². The number of ketones is 2. The van der Waals surface area contributed by atoms with Gasteiger partial charge in [-0.25, -0.2) is 0 Å². The number of ether oxygens (including phenoxy) is 1. The Kier molecular flexibility index (Phi) is 4.05. The van der Waals surface area contributed by atoms with Crippen molar-refractivity contribution in [2.24, 2.45) is 11.8 Å². The molecule has 1 saturated heterocycles. The van der Waals surface area contributed by atoms with Gasteiger partial charge in [0.2, 0.25) is 0 Å². The Morgan fingerprint density at radius 3 is 1.39 bits per heavy atom. The molecule has 2 saturated carbocycles.